The van der Waals surface area contributed by atoms with Crippen LogP contribution in [0.5, 0.6) is 5.75 Å². The second kappa shape index (κ2) is 7.99. The maximum Gasteiger partial charge on any atom is 0.234 e. The largest absolute Gasteiger partial charge is 0.489 e. The van der Waals surface area contributed by atoms with Gasteiger partial charge in [-0.1, -0.05) is 12.1 Å². The van der Waals surface area contributed by atoms with E-state index < -0.39 is 0 Å². The highest BCUT2D eigenvalue weighted by Crippen LogP contribution is 2.33. The Kier molecular flexibility index (Phi) is 4.88. The number of rotatable bonds is 5. The molecule has 0 unspecified atom stereocenters. The lowest BCUT2D eigenvalue weighted by Gasteiger charge is -2.09. The number of fused-ring (bicyclic) bond motifs is 1. The Labute approximate surface area is 178 Å². The first kappa shape index (κ1) is 18.9. The molecule has 0 aliphatic carbocycles. The van der Waals surface area contributed by atoms with Gasteiger partial charge in [0, 0.05) is 35.4 Å². The van der Waals surface area contributed by atoms with Crippen LogP contribution in [0.15, 0.2) is 85.3 Å². The minimum Gasteiger partial charge on any atom is -0.489 e. The van der Waals surface area contributed by atoms with Crippen molar-refractivity contribution in [2.45, 2.75) is 13.5 Å². The van der Waals surface area contributed by atoms with Crippen molar-refractivity contribution < 1.29 is 9.13 Å². The van der Waals surface area contributed by atoms with E-state index in [9.17, 15) is 4.39 Å². The van der Waals surface area contributed by atoms with E-state index in [1.165, 1.54) is 12.1 Å². The van der Waals surface area contributed by atoms with Crippen molar-refractivity contribution in [3.05, 3.63) is 102 Å². The van der Waals surface area contributed by atoms with Crippen molar-refractivity contribution in [1.29, 1.82) is 0 Å². The van der Waals surface area contributed by atoms with E-state index in [1.54, 1.807) is 24.5 Å². The summed E-state index contributed by atoms with van der Waals surface area (Å²) in [6.45, 7) is 2.34. The number of benzene rings is 2. The molecule has 5 rings (SSSR count). The molecule has 0 bridgehead atoms. The van der Waals surface area contributed by atoms with Crippen LogP contribution in [-0.2, 0) is 6.61 Å². The van der Waals surface area contributed by atoms with Gasteiger partial charge in [-0.2, -0.15) is 0 Å². The van der Waals surface area contributed by atoms with Crippen molar-refractivity contribution in [1.82, 2.24) is 19.4 Å². The number of aromatic nitrogens is 4. The molecule has 0 saturated heterocycles. The van der Waals surface area contributed by atoms with Gasteiger partial charge in [0.15, 0.2) is 0 Å². The molecule has 0 radical (unpaired) electrons. The quantitative estimate of drug-likeness (QED) is 0.385. The molecule has 6 heteroatoms. The Morgan fingerprint density at radius 3 is 2.48 bits per heavy atom. The molecule has 0 aliphatic heterocycles. The molecule has 3 aromatic heterocycles. The maximum absolute atomic E-state index is 13.1. The number of ether oxygens (including phenoxy) is 1. The van der Waals surface area contributed by atoms with Crippen molar-refractivity contribution in [3.63, 3.8) is 0 Å². The zero-order chi connectivity index (χ0) is 21.2. The van der Waals surface area contributed by atoms with E-state index in [4.69, 9.17) is 9.72 Å². The fourth-order valence-corrected chi connectivity index (χ4v) is 3.51. The molecule has 0 atom stereocenters. The van der Waals surface area contributed by atoms with Crippen LogP contribution in [0.1, 0.15) is 11.3 Å². The van der Waals surface area contributed by atoms with Gasteiger partial charge in [0.1, 0.15) is 18.2 Å². The summed E-state index contributed by atoms with van der Waals surface area (Å²) >= 11 is 0. The number of hydrogen-bond donors (Lipinski definition) is 0. The second-order valence-electron chi connectivity index (χ2n) is 7.22. The number of aryl methyl sites for hydroxylation is 1. The van der Waals surface area contributed by atoms with Gasteiger partial charge in [-0.15, -0.1) is 0 Å². The predicted octanol–water partition coefficient (Wildman–Crippen LogP) is 5.48. The lowest BCUT2D eigenvalue weighted by molar-refractivity contribution is 0.306. The summed E-state index contributed by atoms with van der Waals surface area (Å²) in [4.78, 5) is 13.5. The summed E-state index contributed by atoms with van der Waals surface area (Å²) in [5, 5.41) is 0. The summed E-state index contributed by atoms with van der Waals surface area (Å²) in [6.07, 6.45) is 5.50. The Bertz CT molecular complexity index is 1340. The van der Waals surface area contributed by atoms with Gasteiger partial charge >= 0.3 is 0 Å². The van der Waals surface area contributed by atoms with E-state index in [2.05, 4.69) is 9.97 Å². The van der Waals surface area contributed by atoms with Crippen LogP contribution < -0.4 is 4.74 Å². The van der Waals surface area contributed by atoms with Crippen LogP contribution in [0.3, 0.4) is 0 Å². The highest BCUT2D eigenvalue weighted by Gasteiger charge is 2.17. The van der Waals surface area contributed by atoms with E-state index in [0.29, 0.717) is 12.4 Å². The Hall–Kier alpha value is -4.06. The summed E-state index contributed by atoms with van der Waals surface area (Å²) in [6, 6.07) is 20.0. The minimum absolute atomic E-state index is 0.254. The molecule has 0 N–H and O–H groups in total. The zero-order valence-corrected chi connectivity index (χ0v) is 16.9. The fourth-order valence-electron chi connectivity index (χ4n) is 3.51. The molecule has 0 fully saturated rings. The van der Waals surface area contributed by atoms with E-state index >= 15 is 0 Å². The molecular weight excluding hydrogens is 391 g/mol. The van der Waals surface area contributed by atoms with Crippen LogP contribution in [0.25, 0.3) is 28.3 Å². The van der Waals surface area contributed by atoms with Gasteiger partial charge in [0.05, 0.1) is 11.4 Å². The zero-order valence-electron chi connectivity index (χ0n) is 16.9. The van der Waals surface area contributed by atoms with Crippen molar-refractivity contribution in [2.24, 2.45) is 0 Å². The normalized spacial score (nSPS) is 11.0. The molecule has 3 heterocycles. The molecule has 152 valence electrons. The average Bonchev–Trinajstić information content (AvgIpc) is 3.19. The smallest absolute Gasteiger partial charge is 0.234 e. The van der Waals surface area contributed by atoms with Gasteiger partial charge in [-0.25, -0.2) is 14.4 Å². The first-order valence-electron chi connectivity index (χ1n) is 9.91. The van der Waals surface area contributed by atoms with Crippen molar-refractivity contribution in [2.75, 3.05) is 0 Å². The highest BCUT2D eigenvalue weighted by molar-refractivity contribution is 5.81. The van der Waals surface area contributed by atoms with E-state index in [0.717, 1.165) is 39.5 Å². The van der Waals surface area contributed by atoms with Gasteiger partial charge in [-0.3, -0.25) is 9.38 Å². The molecule has 0 saturated carbocycles. The Balaban J connectivity index is 1.48. The maximum atomic E-state index is 13.1. The summed E-state index contributed by atoms with van der Waals surface area (Å²) in [7, 11) is 0. The first-order valence-corrected chi connectivity index (χ1v) is 9.91. The number of halogens is 1. The number of pyridine rings is 1. The van der Waals surface area contributed by atoms with Crippen molar-refractivity contribution in [3.8, 4) is 28.3 Å². The number of hydrogen-bond acceptors (Lipinski definition) is 4. The molecule has 5 aromatic rings. The second-order valence-corrected chi connectivity index (χ2v) is 7.22. The van der Waals surface area contributed by atoms with Gasteiger partial charge < -0.3 is 4.74 Å². The molecule has 0 spiro atoms. The van der Waals surface area contributed by atoms with Crippen molar-refractivity contribution >= 4 is 5.78 Å². The molecule has 31 heavy (non-hydrogen) atoms. The predicted molar refractivity (Wildman–Crippen MR) is 117 cm³/mol. The summed E-state index contributed by atoms with van der Waals surface area (Å²) in [5.74, 6) is 1.12. The molecule has 2 aromatic carbocycles. The highest BCUT2D eigenvalue weighted by atomic mass is 19.1. The Morgan fingerprint density at radius 1 is 0.903 bits per heavy atom. The Morgan fingerprint density at radius 2 is 1.71 bits per heavy atom. The SMILES string of the molecule is Cc1cc(-c2c(-c3ccc(OCc4ccc(F)cc4)cc3)nc3ncccn23)ccn1. The molecule has 5 nitrogen and oxygen atoms in total. The third-order valence-electron chi connectivity index (χ3n) is 5.02. The summed E-state index contributed by atoms with van der Waals surface area (Å²) < 4.78 is 20.9. The molecular formula is C25H19FN4O. The lowest BCUT2D eigenvalue weighted by Crippen LogP contribution is -1.95. The van der Waals surface area contributed by atoms with Gasteiger partial charge in [0.2, 0.25) is 5.78 Å². The first-order chi connectivity index (χ1) is 15.2. The van der Waals surface area contributed by atoms with Crippen LogP contribution >= 0.6 is 0 Å². The lowest BCUT2D eigenvalue weighted by atomic mass is 10.0. The summed E-state index contributed by atoms with van der Waals surface area (Å²) in [5.41, 5.74) is 5.64. The standard InChI is InChI=1S/C25H19FN4O/c1-17-15-20(11-13-27-17)24-23(29-25-28-12-2-14-30(24)25)19-5-9-22(10-6-19)31-16-18-3-7-21(26)8-4-18/h2-15H,16H2,1H3. The van der Waals surface area contributed by atoms with Crippen LogP contribution in [0.4, 0.5) is 4.39 Å². The number of nitrogens with zero attached hydrogens (tertiary/aromatic N) is 4. The van der Waals surface area contributed by atoms with E-state index in [1.807, 2.05) is 60.0 Å². The fraction of sp³-hybridized carbons (Fsp3) is 0.0800. The van der Waals surface area contributed by atoms with Crippen LogP contribution in [0.2, 0.25) is 0 Å². The van der Waals surface area contributed by atoms with E-state index in [-0.39, 0.29) is 5.82 Å². The third kappa shape index (κ3) is 3.88. The minimum atomic E-state index is -0.254. The van der Waals surface area contributed by atoms with Gasteiger partial charge in [0.25, 0.3) is 0 Å². The van der Waals surface area contributed by atoms with Gasteiger partial charge in [-0.05, 0) is 67.1 Å². The van der Waals surface area contributed by atoms with Crippen LogP contribution in [-0.4, -0.2) is 19.4 Å². The third-order valence-corrected chi connectivity index (χ3v) is 5.02. The number of imidazole rings is 1. The average molecular weight is 410 g/mol. The van der Waals surface area contributed by atoms with Crippen LogP contribution in [0, 0.1) is 12.7 Å². The molecule has 0 amide bonds. The molecule has 0 aliphatic rings. The topological polar surface area (TPSA) is 52.3 Å². The monoisotopic (exact) mass is 410 g/mol.